The highest BCUT2D eigenvalue weighted by Gasteiger charge is 2.47. The van der Waals surface area contributed by atoms with E-state index in [9.17, 15) is 4.79 Å². The van der Waals surface area contributed by atoms with Crippen LogP contribution in [-0.2, 0) is 9.53 Å². The number of hydrogen-bond donors (Lipinski definition) is 0. The number of methoxy groups -OCH3 is 1. The molecule has 0 aromatic heterocycles. The number of anilines is 1. The third-order valence-electron chi connectivity index (χ3n) is 3.93. The van der Waals surface area contributed by atoms with Gasteiger partial charge in [0.1, 0.15) is 0 Å². The first kappa shape index (κ1) is 14.3. The summed E-state index contributed by atoms with van der Waals surface area (Å²) in [7, 11) is 1.41. The molecule has 112 valence electrons. The summed E-state index contributed by atoms with van der Waals surface area (Å²) in [5.41, 5.74) is 1.95. The Morgan fingerprint density at radius 2 is 1.68 bits per heavy atom. The van der Waals surface area contributed by atoms with E-state index in [0.717, 1.165) is 17.0 Å². The minimum atomic E-state index is -0.832. The van der Waals surface area contributed by atoms with Crippen LogP contribution in [0.4, 0.5) is 5.69 Å². The van der Waals surface area contributed by atoms with Gasteiger partial charge in [-0.2, -0.15) is 5.10 Å². The predicted molar refractivity (Wildman–Crippen MR) is 86.9 cm³/mol. The molecule has 1 aliphatic heterocycles. The van der Waals surface area contributed by atoms with Crippen molar-refractivity contribution in [1.82, 2.24) is 0 Å². The van der Waals surface area contributed by atoms with E-state index in [4.69, 9.17) is 9.84 Å². The van der Waals surface area contributed by atoms with Crippen LogP contribution in [0.25, 0.3) is 0 Å². The van der Waals surface area contributed by atoms with E-state index in [2.05, 4.69) is 0 Å². The lowest BCUT2D eigenvalue weighted by molar-refractivity contribution is -0.146. The minimum Gasteiger partial charge on any atom is -0.467 e. The molecule has 0 fully saturated rings. The molecule has 4 heteroatoms. The van der Waals surface area contributed by atoms with E-state index in [1.54, 1.807) is 5.01 Å². The summed E-state index contributed by atoms with van der Waals surface area (Å²) in [5, 5.41) is 6.46. The van der Waals surface area contributed by atoms with Crippen molar-refractivity contribution < 1.29 is 9.53 Å². The Morgan fingerprint density at radius 1 is 1.09 bits per heavy atom. The molecule has 0 saturated heterocycles. The van der Waals surface area contributed by atoms with Gasteiger partial charge in [0.05, 0.1) is 18.5 Å². The molecule has 4 nitrogen and oxygen atoms in total. The predicted octanol–water partition coefficient (Wildman–Crippen LogP) is 3.23. The third-order valence-corrected chi connectivity index (χ3v) is 3.93. The molecule has 0 aliphatic carbocycles. The zero-order valence-electron chi connectivity index (χ0n) is 12.7. The lowest BCUT2D eigenvalue weighted by Crippen LogP contribution is -2.48. The number of nitrogens with zero attached hydrogens (tertiary/aromatic N) is 2. The molecule has 0 spiro atoms. The first-order valence-electron chi connectivity index (χ1n) is 7.22. The zero-order valence-corrected chi connectivity index (χ0v) is 12.7. The highest BCUT2D eigenvalue weighted by Crippen LogP contribution is 2.35. The van der Waals surface area contributed by atoms with Crippen LogP contribution in [0.2, 0.25) is 0 Å². The SMILES string of the molecule is COC(=O)[C@@]1(C)CC(c2ccccc2)=NN1c1ccccc1. The number of carbonyl (C=O) groups excluding carboxylic acids is 1. The monoisotopic (exact) mass is 294 g/mol. The molecule has 2 aromatic carbocycles. The van der Waals surface area contributed by atoms with Crippen LogP contribution in [0.1, 0.15) is 18.9 Å². The quantitative estimate of drug-likeness (QED) is 0.816. The van der Waals surface area contributed by atoms with E-state index in [1.807, 2.05) is 67.6 Å². The second-order valence-electron chi connectivity index (χ2n) is 5.50. The highest BCUT2D eigenvalue weighted by molar-refractivity contribution is 6.08. The Morgan fingerprint density at radius 3 is 2.27 bits per heavy atom. The average Bonchev–Trinajstić information content (AvgIpc) is 2.95. The van der Waals surface area contributed by atoms with Gasteiger partial charge in [0.25, 0.3) is 0 Å². The number of esters is 1. The molecule has 1 aliphatic rings. The van der Waals surface area contributed by atoms with Crippen LogP contribution in [0.5, 0.6) is 0 Å². The van der Waals surface area contributed by atoms with Gasteiger partial charge in [-0.3, -0.25) is 0 Å². The van der Waals surface area contributed by atoms with Crippen molar-refractivity contribution >= 4 is 17.4 Å². The molecule has 2 aromatic rings. The molecule has 1 atom stereocenters. The Hall–Kier alpha value is -2.62. The fourth-order valence-electron chi connectivity index (χ4n) is 2.75. The van der Waals surface area contributed by atoms with Crippen molar-refractivity contribution in [1.29, 1.82) is 0 Å². The molecule has 3 rings (SSSR count). The Bertz CT molecular complexity index is 698. The van der Waals surface area contributed by atoms with Crippen molar-refractivity contribution in [3.05, 3.63) is 66.2 Å². The van der Waals surface area contributed by atoms with Gasteiger partial charge >= 0.3 is 5.97 Å². The minimum absolute atomic E-state index is 0.286. The standard InChI is InChI=1S/C18H18N2O2/c1-18(17(21)22-2)13-16(14-9-5-3-6-10-14)19-20(18)15-11-7-4-8-12-15/h3-12H,13H2,1-2H3/t18-/m1/s1. The van der Waals surface area contributed by atoms with Gasteiger partial charge in [-0.1, -0.05) is 48.5 Å². The molecule has 0 amide bonds. The van der Waals surface area contributed by atoms with Gasteiger partial charge in [0.15, 0.2) is 5.54 Å². The van der Waals surface area contributed by atoms with Gasteiger partial charge in [-0.15, -0.1) is 0 Å². The number of carbonyl (C=O) groups is 1. The Balaban J connectivity index is 2.05. The maximum absolute atomic E-state index is 12.4. The number of benzene rings is 2. The molecular weight excluding hydrogens is 276 g/mol. The maximum atomic E-state index is 12.4. The summed E-state index contributed by atoms with van der Waals surface area (Å²) >= 11 is 0. The summed E-state index contributed by atoms with van der Waals surface area (Å²) in [5.74, 6) is -0.286. The van der Waals surface area contributed by atoms with Crippen LogP contribution < -0.4 is 5.01 Å². The number of hydrazone groups is 1. The fraction of sp³-hybridized carbons (Fsp3) is 0.222. The summed E-state index contributed by atoms with van der Waals surface area (Å²) in [4.78, 5) is 12.4. The van der Waals surface area contributed by atoms with Crippen LogP contribution in [-0.4, -0.2) is 24.3 Å². The normalized spacial score (nSPS) is 20.6. The lowest BCUT2D eigenvalue weighted by Gasteiger charge is -2.31. The van der Waals surface area contributed by atoms with Crippen molar-refractivity contribution in [2.75, 3.05) is 12.1 Å². The number of hydrogen-bond acceptors (Lipinski definition) is 4. The van der Waals surface area contributed by atoms with E-state index in [1.165, 1.54) is 7.11 Å². The molecule has 22 heavy (non-hydrogen) atoms. The van der Waals surface area contributed by atoms with Crippen LogP contribution in [0.15, 0.2) is 65.8 Å². The van der Waals surface area contributed by atoms with Crippen LogP contribution in [0, 0.1) is 0 Å². The van der Waals surface area contributed by atoms with Gasteiger partial charge in [-0.05, 0) is 24.6 Å². The van der Waals surface area contributed by atoms with E-state index < -0.39 is 5.54 Å². The van der Waals surface area contributed by atoms with Gasteiger partial charge < -0.3 is 4.74 Å². The molecule has 0 radical (unpaired) electrons. The van der Waals surface area contributed by atoms with Crippen molar-refractivity contribution in [3.63, 3.8) is 0 Å². The van der Waals surface area contributed by atoms with Gasteiger partial charge in [0.2, 0.25) is 0 Å². The third kappa shape index (κ3) is 2.37. The summed E-state index contributed by atoms with van der Waals surface area (Å²) < 4.78 is 5.02. The summed E-state index contributed by atoms with van der Waals surface area (Å²) in [6.45, 7) is 1.87. The number of rotatable bonds is 3. The van der Waals surface area contributed by atoms with Crippen LogP contribution >= 0.6 is 0 Å². The molecule has 0 N–H and O–H groups in total. The average molecular weight is 294 g/mol. The smallest absolute Gasteiger partial charge is 0.333 e. The topological polar surface area (TPSA) is 41.9 Å². The molecule has 0 unspecified atom stereocenters. The van der Waals surface area contributed by atoms with Gasteiger partial charge in [-0.25, -0.2) is 9.80 Å². The largest absolute Gasteiger partial charge is 0.467 e. The first-order chi connectivity index (χ1) is 10.6. The van der Waals surface area contributed by atoms with E-state index in [0.29, 0.717) is 6.42 Å². The molecule has 0 saturated carbocycles. The summed E-state index contributed by atoms with van der Waals surface area (Å²) in [6.07, 6.45) is 0.512. The molecule has 1 heterocycles. The fourth-order valence-corrected chi connectivity index (χ4v) is 2.75. The van der Waals surface area contributed by atoms with E-state index in [-0.39, 0.29) is 5.97 Å². The Kier molecular flexibility index (Phi) is 3.67. The lowest BCUT2D eigenvalue weighted by atomic mass is 9.92. The summed E-state index contributed by atoms with van der Waals surface area (Å²) in [6, 6.07) is 19.6. The second-order valence-corrected chi connectivity index (χ2v) is 5.50. The highest BCUT2D eigenvalue weighted by atomic mass is 16.5. The second kappa shape index (κ2) is 5.64. The maximum Gasteiger partial charge on any atom is 0.333 e. The van der Waals surface area contributed by atoms with Crippen LogP contribution in [0.3, 0.4) is 0 Å². The van der Waals surface area contributed by atoms with E-state index >= 15 is 0 Å². The van der Waals surface area contributed by atoms with Crippen molar-refractivity contribution in [2.24, 2.45) is 5.10 Å². The van der Waals surface area contributed by atoms with Crippen molar-refractivity contribution in [2.45, 2.75) is 18.9 Å². The van der Waals surface area contributed by atoms with Crippen molar-refractivity contribution in [3.8, 4) is 0 Å². The molecule has 0 bridgehead atoms. The van der Waals surface area contributed by atoms with Gasteiger partial charge in [0, 0.05) is 6.42 Å². The first-order valence-corrected chi connectivity index (χ1v) is 7.22. The Labute approximate surface area is 130 Å². The number of para-hydroxylation sites is 1. The number of ether oxygens (including phenoxy) is 1. The zero-order chi connectivity index (χ0) is 15.6. The molecular formula is C18H18N2O2.